The first-order chi connectivity index (χ1) is 14.6. The Labute approximate surface area is 180 Å². The summed E-state index contributed by atoms with van der Waals surface area (Å²) in [6, 6.07) is 15.0. The van der Waals surface area contributed by atoms with Crippen LogP contribution in [0.2, 0.25) is 5.02 Å². The topological polar surface area (TPSA) is 71.7 Å². The molecule has 2 heterocycles. The van der Waals surface area contributed by atoms with Crippen LogP contribution in [0.3, 0.4) is 0 Å². The van der Waals surface area contributed by atoms with Crippen LogP contribution in [0.5, 0.6) is 5.75 Å². The summed E-state index contributed by atoms with van der Waals surface area (Å²) in [6.07, 6.45) is 0.328. The van der Waals surface area contributed by atoms with Gasteiger partial charge in [0, 0.05) is 36.8 Å². The normalized spacial score (nSPS) is 14.7. The van der Waals surface area contributed by atoms with Crippen molar-refractivity contribution in [3.8, 4) is 17.1 Å². The lowest BCUT2D eigenvalue weighted by atomic mass is 10.1. The van der Waals surface area contributed by atoms with Crippen LogP contribution in [-0.4, -0.2) is 59.1 Å². The SMILES string of the molecule is COc1ccc(-c2noc(CN3CCN(C(=O)Cc4ccccc4Cl)CC3)n2)cc1. The van der Waals surface area contributed by atoms with Gasteiger partial charge in [0.15, 0.2) is 0 Å². The summed E-state index contributed by atoms with van der Waals surface area (Å²) < 4.78 is 10.6. The summed E-state index contributed by atoms with van der Waals surface area (Å²) in [6.45, 7) is 3.42. The Bertz CT molecular complexity index is 998. The summed E-state index contributed by atoms with van der Waals surface area (Å²) in [5, 5.41) is 4.71. The molecule has 0 spiro atoms. The van der Waals surface area contributed by atoms with E-state index in [2.05, 4.69) is 15.0 Å². The van der Waals surface area contributed by atoms with E-state index in [1.54, 1.807) is 7.11 Å². The monoisotopic (exact) mass is 426 g/mol. The lowest BCUT2D eigenvalue weighted by Gasteiger charge is -2.34. The van der Waals surface area contributed by atoms with Gasteiger partial charge in [0.1, 0.15) is 5.75 Å². The molecule has 0 radical (unpaired) electrons. The van der Waals surface area contributed by atoms with E-state index in [0.717, 1.165) is 30.0 Å². The van der Waals surface area contributed by atoms with Crippen LogP contribution in [0, 0.1) is 0 Å². The van der Waals surface area contributed by atoms with Gasteiger partial charge in [-0.2, -0.15) is 4.98 Å². The molecule has 1 saturated heterocycles. The lowest BCUT2D eigenvalue weighted by Crippen LogP contribution is -2.48. The first kappa shape index (κ1) is 20.4. The first-order valence-corrected chi connectivity index (χ1v) is 10.2. The Hall–Kier alpha value is -2.90. The molecule has 0 atom stereocenters. The Kier molecular flexibility index (Phi) is 6.30. The van der Waals surface area contributed by atoms with E-state index in [1.165, 1.54) is 0 Å². The van der Waals surface area contributed by atoms with Gasteiger partial charge in [-0.1, -0.05) is 35.0 Å². The molecule has 0 saturated carbocycles. The minimum Gasteiger partial charge on any atom is -0.497 e. The van der Waals surface area contributed by atoms with E-state index in [4.69, 9.17) is 20.9 Å². The van der Waals surface area contributed by atoms with Gasteiger partial charge in [-0.3, -0.25) is 9.69 Å². The number of rotatable bonds is 6. The molecule has 2 aromatic carbocycles. The van der Waals surface area contributed by atoms with Crippen molar-refractivity contribution in [3.05, 3.63) is 65.0 Å². The van der Waals surface area contributed by atoms with E-state index >= 15 is 0 Å². The second-order valence-electron chi connectivity index (χ2n) is 7.17. The molecular weight excluding hydrogens is 404 g/mol. The maximum Gasteiger partial charge on any atom is 0.241 e. The molecule has 1 aromatic heterocycles. The van der Waals surface area contributed by atoms with Crippen LogP contribution in [0.15, 0.2) is 53.1 Å². The fourth-order valence-corrected chi connectivity index (χ4v) is 3.64. The lowest BCUT2D eigenvalue weighted by molar-refractivity contribution is -0.132. The zero-order valence-electron chi connectivity index (χ0n) is 16.8. The highest BCUT2D eigenvalue weighted by Crippen LogP contribution is 2.21. The Morgan fingerprint density at radius 1 is 1.10 bits per heavy atom. The highest BCUT2D eigenvalue weighted by molar-refractivity contribution is 6.31. The number of hydrogen-bond acceptors (Lipinski definition) is 6. The number of amides is 1. The van der Waals surface area contributed by atoms with Gasteiger partial charge in [0.25, 0.3) is 0 Å². The van der Waals surface area contributed by atoms with E-state index in [1.807, 2.05) is 53.4 Å². The number of carbonyl (C=O) groups excluding carboxylic acids is 1. The molecule has 1 aliphatic heterocycles. The molecule has 1 aliphatic rings. The molecule has 3 aromatic rings. The average Bonchev–Trinajstić information content (AvgIpc) is 3.24. The number of ether oxygens (including phenoxy) is 1. The molecule has 8 heteroatoms. The smallest absolute Gasteiger partial charge is 0.241 e. The fraction of sp³-hybridized carbons (Fsp3) is 0.318. The number of nitrogens with zero attached hydrogens (tertiary/aromatic N) is 4. The average molecular weight is 427 g/mol. The van der Waals surface area contributed by atoms with Crippen molar-refractivity contribution in [2.45, 2.75) is 13.0 Å². The van der Waals surface area contributed by atoms with E-state index in [0.29, 0.717) is 42.8 Å². The van der Waals surface area contributed by atoms with Crippen molar-refractivity contribution in [2.75, 3.05) is 33.3 Å². The quantitative estimate of drug-likeness (QED) is 0.602. The van der Waals surface area contributed by atoms with Gasteiger partial charge < -0.3 is 14.2 Å². The van der Waals surface area contributed by atoms with Gasteiger partial charge in [-0.15, -0.1) is 0 Å². The van der Waals surface area contributed by atoms with Gasteiger partial charge in [0.05, 0.1) is 20.1 Å². The van der Waals surface area contributed by atoms with Crippen LogP contribution >= 0.6 is 11.6 Å². The predicted octanol–water partition coefficient (Wildman–Crippen LogP) is 3.29. The number of carbonyl (C=O) groups is 1. The second kappa shape index (κ2) is 9.28. The Balaban J connectivity index is 1.29. The standard InChI is InChI=1S/C22H23ClN4O3/c1-29-18-8-6-16(7-9-18)22-24-20(30-25-22)15-26-10-12-27(13-11-26)21(28)14-17-4-2-3-5-19(17)23/h2-9H,10-15H2,1H3. The van der Waals surface area contributed by atoms with E-state index in [9.17, 15) is 4.79 Å². The number of benzene rings is 2. The van der Waals surface area contributed by atoms with Crippen molar-refractivity contribution in [1.82, 2.24) is 19.9 Å². The van der Waals surface area contributed by atoms with Gasteiger partial charge >= 0.3 is 0 Å². The minimum absolute atomic E-state index is 0.0994. The first-order valence-electron chi connectivity index (χ1n) is 9.83. The fourth-order valence-electron chi connectivity index (χ4n) is 3.44. The molecule has 0 aliphatic carbocycles. The third-order valence-electron chi connectivity index (χ3n) is 5.20. The van der Waals surface area contributed by atoms with Crippen LogP contribution in [0.4, 0.5) is 0 Å². The number of piperazine rings is 1. The summed E-state index contributed by atoms with van der Waals surface area (Å²) in [5.74, 6) is 2.00. The third-order valence-corrected chi connectivity index (χ3v) is 5.57. The van der Waals surface area contributed by atoms with Crippen molar-refractivity contribution < 1.29 is 14.1 Å². The molecule has 1 fully saturated rings. The number of hydrogen-bond donors (Lipinski definition) is 0. The molecule has 0 unspecified atom stereocenters. The molecule has 0 bridgehead atoms. The summed E-state index contributed by atoms with van der Waals surface area (Å²) in [7, 11) is 1.63. The van der Waals surface area contributed by atoms with E-state index in [-0.39, 0.29) is 5.91 Å². The summed E-state index contributed by atoms with van der Waals surface area (Å²) in [5.41, 5.74) is 1.74. The zero-order valence-corrected chi connectivity index (χ0v) is 17.5. The Morgan fingerprint density at radius 3 is 2.53 bits per heavy atom. The Morgan fingerprint density at radius 2 is 1.83 bits per heavy atom. The van der Waals surface area contributed by atoms with Crippen LogP contribution in [-0.2, 0) is 17.8 Å². The highest BCUT2D eigenvalue weighted by Gasteiger charge is 2.23. The second-order valence-corrected chi connectivity index (χ2v) is 7.57. The molecule has 1 amide bonds. The van der Waals surface area contributed by atoms with E-state index < -0.39 is 0 Å². The molecule has 0 N–H and O–H groups in total. The molecule has 30 heavy (non-hydrogen) atoms. The van der Waals surface area contributed by atoms with Crippen LogP contribution in [0.1, 0.15) is 11.5 Å². The van der Waals surface area contributed by atoms with Gasteiger partial charge in [-0.05, 0) is 35.9 Å². The van der Waals surface area contributed by atoms with Crippen molar-refractivity contribution in [1.29, 1.82) is 0 Å². The number of methoxy groups -OCH3 is 1. The maximum atomic E-state index is 12.6. The maximum absolute atomic E-state index is 12.6. The number of halogens is 1. The van der Waals surface area contributed by atoms with Crippen LogP contribution < -0.4 is 4.74 Å². The molecule has 4 rings (SSSR count). The molecular formula is C22H23ClN4O3. The summed E-state index contributed by atoms with van der Waals surface area (Å²) in [4.78, 5) is 21.2. The highest BCUT2D eigenvalue weighted by atomic mass is 35.5. The van der Waals surface area contributed by atoms with Gasteiger partial charge in [-0.25, -0.2) is 0 Å². The van der Waals surface area contributed by atoms with Crippen molar-refractivity contribution in [2.24, 2.45) is 0 Å². The minimum atomic E-state index is 0.0994. The molecule has 156 valence electrons. The predicted molar refractivity (Wildman–Crippen MR) is 113 cm³/mol. The number of aromatic nitrogens is 2. The van der Waals surface area contributed by atoms with Crippen molar-refractivity contribution in [3.63, 3.8) is 0 Å². The molecule has 7 nitrogen and oxygen atoms in total. The zero-order chi connectivity index (χ0) is 20.9. The summed E-state index contributed by atoms with van der Waals surface area (Å²) >= 11 is 6.17. The third kappa shape index (κ3) is 4.80. The van der Waals surface area contributed by atoms with Crippen LogP contribution in [0.25, 0.3) is 11.4 Å². The van der Waals surface area contributed by atoms with Gasteiger partial charge in [0.2, 0.25) is 17.6 Å². The largest absolute Gasteiger partial charge is 0.497 e. The van der Waals surface area contributed by atoms with Crippen molar-refractivity contribution >= 4 is 17.5 Å².